The van der Waals surface area contributed by atoms with E-state index >= 15 is 0 Å². The first-order valence-electron chi connectivity index (χ1n) is 1.17. The molecule has 0 atom stereocenters. The van der Waals surface area contributed by atoms with E-state index in [4.69, 9.17) is 0 Å². The molecule has 0 nitrogen and oxygen atoms in total. The van der Waals surface area contributed by atoms with Gasteiger partial charge in [0.05, 0.1) is 0 Å². The molecular formula is C3H5AlCl6Sn. The zero-order valence-electron chi connectivity index (χ0n) is 5.34. The van der Waals surface area contributed by atoms with Gasteiger partial charge in [-0.2, -0.15) is 0 Å². The fourth-order valence-corrected chi connectivity index (χ4v) is 0. The molecule has 0 aromatic rings. The molecule has 0 aromatic heterocycles. The molecule has 8 heteroatoms. The van der Waals surface area contributed by atoms with Gasteiger partial charge in [-0.3, -0.25) is 0 Å². The Hall–Kier alpha value is 2.81. The zero-order chi connectivity index (χ0) is 3.41. The predicted molar refractivity (Wildman–Crippen MR) is 26.5 cm³/mol. The second-order valence-electron chi connectivity index (χ2n) is 0.493. The number of hydrogen-bond acceptors (Lipinski definition) is 0. The Morgan fingerprint density at radius 2 is 1.00 bits per heavy atom. The van der Waals surface area contributed by atoms with Gasteiger partial charge < -0.3 is 74.4 Å². The van der Waals surface area contributed by atoms with Crippen LogP contribution in [0.5, 0.6) is 0 Å². The van der Waals surface area contributed by atoms with Crippen molar-refractivity contribution in [3.8, 4) is 0 Å². The van der Waals surface area contributed by atoms with Gasteiger partial charge in [-0.15, -0.1) is 0 Å². The summed E-state index contributed by atoms with van der Waals surface area (Å²) in [6.07, 6.45) is 1.92. The van der Waals surface area contributed by atoms with E-state index in [1.807, 2.05) is 6.08 Å². The zero-order valence-corrected chi connectivity index (χ0v) is 13.9. The van der Waals surface area contributed by atoms with Gasteiger partial charge in [0.25, 0.3) is 0 Å². The summed E-state index contributed by atoms with van der Waals surface area (Å²) in [6, 6.07) is 0. The molecular weight excluding hydrogens is 394 g/mol. The maximum atomic E-state index is 3.50. The molecule has 0 fully saturated rings. The van der Waals surface area contributed by atoms with E-state index in [1.165, 1.54) is 4.44 Å². The fourth-order valence-electron chi connectivity index (χ4n) is 0. The van der Waals surface area contributed by atoms with Crippen LogP contribution in [0.3, 0.4) is 0 Å². The van der Waals surface area contributed by atoms with Crippen LogP contribution in [0, 0.1) is 0 Å². The number of rotatable bonds is 1. The molecule has 0 aliphatic rings. The van der Waals surface area contributed by atoms with Crippen LogP contribution in [0.25, 0.3) is 0 Å². The molecule has 0 saturated carbocycles. The summed E-state index contributed by atoms with van der Waals surface area (Å²) in [5, 5.41) is 0. The van der Waals surface area contributed by atoms with Crippen molar-refractivity contribution in [2.24, 2.45) is 0 Å². The molecule has 0 aromatic carbocycles. The molecule has 0 bridgehead atoms. The molecule has 0 saturated heterocycles. The van der Waals surface area contributed by atoms with Crippen molar-refractivity contribution in [2.75, 3.05) is 0 Å². The van der Waals surface area contributed by atoms with Crippen molar-refractivity contribution < 1.29 is 74.4 Å². The quantitative estimate of drug-likeness (QED) is 0.304. The molecule has 0 rings (SSSR count). The Balaban J connectivity index is -0.00000000214. The Kier molecular flexibility index (Phi) is 471. The summed E-state index contributed by atoms with van der Waals surface area (Å²) in [7, 11) is 0. The standard InChI is InChI=1S/C3H5.Al.6ClH.Sn/c1-3-2;;;;;;;;/h3H,1-2H2;;6*1H;/q;+3;;;;;;;+3/p-6. The van der Waals surface area contributed by atoms with Crippen molar-refractivity contribution in [1.29, 1.82) is 0 Å². The molecule has 0 aliphatic carbocycles. The van der Waals surface area contributed by atoms with Crippen LogP contribution in [0.15, 0.2) is 12.7 Å². The summed E-state index contributed by atoms with van der Waals surface area (Å²) in [6.45, 7) is 3.50. The van der Waals surface area contributed by atoms with Crippen molar-refractivity contribution >= 4 is 39.9 Å². The molecule has 0 radical (unpaired) electrons. The summed E-state index contributed by atoms with van der Waals surface area (Å²) in [5.41, 5.74) is 0. The van der Waals surface area contributed by atoms with E-state index in [-0.39, 0.29) is 91.8 Å². The second kappa shape index (κ2) is 77.2. The number of hydrogen-bond donors (Lipinski definition) is 0. The van der Waals surface area contributed by atoms with Crippen LogP contribution in [-0.4, -0.2) is 39.9 Å². The van der Waals surface area contributed by atoms with Gasteiger partial charge in [-0.1, -0.05) is 0 Å². The van der Waals surface area contributed by atoms with Crippen LogP contribution in [0.4, 0.5) is 0 Å². The smallest absolute Gasteiger partial charge is 1.00 e. The predicted octanol–water partition coefficient (Wildman–Crippen LogP) is -17.6. The fraction of sp³-hybridized carbons (Fsp3) is 0.333. The third-order valence-electron chi connectivity index (χ3n) is 0.144. The number of halogens is 6. The maximum Gasteiger partial charge on any atom is 3.00 e. The normalized spacial score (nSPS) is 2.36. The average Bonchev–Trinajstić information content (AvgIpc) is 1.37. The summed E-state index contributed by atoms with van der Waals surface area (Å²) < 4.78 is 1.17. The third-order valence-corrected chi connectivity index (χ3v) is 0.968. The van der Waals surface area contributed by atoms with Gasteiger partial charge in [-0.05, 0) is 0 Å². The first-order valence-corrected chi connectivity index (χ1v) is 3.19. The Morgan fingerprint density at radius 1 is 0.909 bits per heavy atom. The SMILES string of the molecule is C=C[CH2][Sn+3].[Al+3].[Cl-].[Cl-].[Cl-].[Cl-].[Cl-].[Cl-]. The first-order chi connectivity index (χ1) is 1.91. The van der Waals surface area contributed by atoms with E-state index in [9.17, 15) is 0 Å². The first kappa shape index (κ1) is 67.1. The molecule has 11 heavy (non-hydrogen) atoms. The summed E-state index contributed by atoms with van der Waals surface area (Å²) >= 11 is 1.55. The third kappa shape index (κ3) is 103. The van der Waals surface area contributed by atoms with Crippen LogP contribution in [-0.2, 0) is 0 Å². The van der Waals surface area contributed by atoms with Gasteiger partial charge in [0, 0.05) is 0 Å². The monoisotopic (exact) mass is 398 g/mol. The van der Waals surface area contributed by atoms with E-state index in [2.05, 4.69) is 6.58 Å². The van der Waals surface area contributed by atoms with Crippen LogP contribution >= 0.6 is 0 Å². The van der Waals surface area contributed by atoms with Gasteiger partial charge in [0.1, 0.15) is 0 Å². The molecule has 0 heterocycles. The maximum absolute atomic E-state index is 3.50. The van der Waals surface area contributed by atoms with Gasteiger partial charge in [0.2, 0.25) is 0 Å². The van der Waals surface area contributed by atoms with E-state index < -0.39 is 0 Å². The van der Waals surface area contributed by atoms with Gasteiger partial charge >= 0.3 is 57.0 Å². The van der Waals surface area contributed by atoms with Crippen LogP contribution in [0.2, 0.25) is 4.44 Å². The van der Waals surface area contributed by atoms with Crippen LogP contribution in [0.1, 0.15) is 0 Å². The molecule has 0 spiro atoms. The topological polar surface area (TPSA) is 0 Å². The van der Waals surface area contributed by atoms with E-state index in [0.29, 0.717) is 0 Å². The van der Waals surface area contributed by atoms with Crippen molar-refractivity contribution in [3.05, 3.63) is 12.7 Å². The Labute approximate surface area is 130 Å². The Morgan fingerprint density at radius 3 is 1.00 bits per heavy atom. The summed E-state index contributed by atoms with van der Waals surface area (Å²) in [4.78, 5) is 0. The largest absolute Gasteiger partial charge is 3.00 e. The molecule has 0 aliphatic heterocycles. The molecule has 66 valence electrons. The van der Waals surface area contributed by atoms with Crippen molar-refractivity contribution in [1.82, 2.24) is 0 Å². The minimum absolute atomic E-state index is 0. The number of allylic oxidation sites excluding steroid dienone is 1. The minimum Gasteiger partial charge on any atom is -1.00 e. The molecule has 0 amide bonds. The molecule has 0 N–H and O–H groups in total. The van der Waals surface area contributed by atoms with E-state index in [1.54, 1.807) is 22.5 Å². The van der Waals surface area contributed by atoms with E-state index in [0.717, 1.165) is 0 Å². The van der Waals surface area contributed by atoms with Gasteiger partial charge in [-0.25, -0.2) is 0 Å². The minimum atomic E-state index is 0. The summed E-state index contributed by atoms with van der Waals surface area (Å²) in [5.74, 6) is 0. The van der Waals surface area contributed by atoms with Crippen LogP contribution < -0.4 is 74.4 Å². The molecule has 0 unspecified atom stereocenters. The van der Waals surface area contributed by atoms with Crippen molar-refractivity contribution in [2.45, 2.75) is 4.44 Å². The average molecular weight is 399 g/mol. The second-order valence-corrected chi connectivity index (χ2v) is 1.66. The Bertz CT molecular complexity index is 31.8. The van der Waals surface area contributed by atoms with Gasteiger partial charge in [0.15, 0.2) is 0 Å². The van der Waals surface area contributed by atoms with Crippen molar-refractivity contribution in [3.63, 3.8) is 0 Å².